The van der Waals surface area contributed by atoms with Crippen molar-refractivity contribution in [2.45, 2.75) is 31.8 Å². The lowest BCUT2D eigenvalue weighted by Gasteiger charge is -2.27. The molecule has 1 aliphatic heterocycles. The zero-order valence-electron chi connectivity index (χ0n) is 9.82. The Morgan fingerprint density at radius 1 is 1.35 bits per heavy atom. The Balaban J connectivity index is 2.11. The smallest absolute Gasteiger partial charge is 0.127 e. The van der Waals surface area contributed by atoms with E-state index >= 15 is 0 Å². The van der Waals surface area contributed by atoms with Crippen molar-refractivity contribution < 1.29 is 10.4 Å². The molecule has 0 unspecified atom stereocenters. The van der Waals surface area contributed by atoms with Crippen LogP contribution in [0.15, 0.2) is 18.2 Å². The Labute approximate surface area is 100 Å². The van der Waals surface area contributed by atoms with Crippen LogP contribution < -0.4 is 5.32 Å². The maximum absolute atomic E-state index is 9.68. The van der Waals surface area contributed by atoms with Crippen LogP contribution >= 0.6 is 0 Å². The topological polar surface area (TPSA) is 41.8 Å². The summed E-state index contributed by atoms with van der Waals surface area (Å²) >= 11 is 0. The quantitative estimate of drug-likeness (QED) is 0.702. The van der Waals surface area contributed by atoms with Crippen molar-refractivity contribution in [1.82, 2.24) is 4.57 Å². The van der Waals surface area contributed by atoms with Gasteiger partial charge < -0.3 is 15.0 Å². The highest BCUT2D eigenvalue weighted by molar-refractivity contribution is 5.87. The van der Waals surface area contributed by atoms with Crippen molar-refractivity contribution in [3.05, 3.63) is 29.5 Å². The zero-order valence-corrected chi connectivity index (χ0v) is 9.82. The molecule has 17 heavy (non-hydrogen) atoms. The van der Waals surface area contributed by atoms with Crippen LogP contribution in [0.5, 0.6) is 5.75 Å². The molecule has 0 spiro atoms. The molecule has 1 aliphatic carbocycles. The van der Waals surface area contributed by atoms with Gasteiger partial charge in [-0.05, 0) is 36.6 Å². The van der Waals surface area contributed by atoms with Crippen molar-refractivity contribution >= 4 is 10.9 Å². The number of phenolic OH excluding ortho intramolecular Hbond substituents is 1. The predicted molar refractivity (Wildman–Crippen MR) is 66.1 cm³/mol. The normalized spacial score (nSPS) is 22.7. The first-order chi connectivity index (χ1) is 8.34. The molecule has 3 N–H and O–H groups in total. The number of hydrogen-bond acceptors (Lipinski definition) is 1. The number of nitrogens with two attached hydrogens (primary N) is 1. The molecule has 0 amide bonds. The van der Waals surface area contributed by atoms with Crippen LogP contribution in [0.3, 0.4) is 0 Å². The summed E-state index contributed by atoms with van der Waals surface area (Å²) in [7, 11) is 0. The Hall–Kier alpha value is -1.48. The van der Waals surface area contributed by atoms with E-state index in [1.807, 2.05) is 12.1 Å². The van der Waals surface area contributed by atoms with E-state index in [1.165, 1.54) is 48.0 Å². The molecule has 1 aromatic carbocycles. The van der Waals surface area contributed by atoms with E-state index in [1.54, 1.807) is 0 Å². The molecular weight excluding hydrogens is 212 g/mol. The van der Waals surface area contributed by atoms with Gasteiger partial charge in [0, 0.05) is 17.3 Å². The summed E-state index contributed by atoms with van der Waals surface area (Å²) in [6.07, 6.45) is 3.75. The van der Waals surface area contributed by atoms with Gasteiger partial charge in [0.25, 0.3) is 0 Å². The van der Waals surface area contributed by atoms with Gasteiger partial charge >= 0.3 is 0 Å². The Morgan fingerprint density at radius 2 is 2.29 bits per heavy atom. The molecule has 2 heterocycles. The number of aromatic hydroxyl groups is 1. The van der Waals surface area contributed by atoms with Crippen molar-refractivity contribution in [1.29, 1.82) is 0 Å². The summed E-state index contributed by atoms with van der Waals surface area (Å²) in [5.41, 5.74) is 4.33. The third-order valence-corrected chi connectivity index (χ3v) is 4.29. The summed E-state index contributed by atoms with van der Waals surface area (Å²) in [6.45, 7) is 2.29. The molecule has 0 saturated carbocycles. The van der Waals surface area contributed by atoms with Crippen LogP contribution in [0.25, 0.3) is 10.9 Å². The minimum absolute atomic E-state index is 0.391. The second-order valence-corrected chi connectivity index (χ2v) is 5.24. The highest BCUT2D eigenvalue weighted by Gasteiger charge is 2.32. The first-order valence-corrected chi connectivity index (χ1v) is 6.52. The van der Waals surface area contributed by atoms with E-state index in [2.05, 4.69) is 16.0 Å². The third-order valence-electron chi connectivity index (χ3n) is 4.29. The van der Waals surface area contributed by atoms with Gasteiger partial charge in [-0.25, -0.2) is 0 Å². The standard InChI is InChI=1S/C14H16N2O/c17-9-4-5-13-11(8-9)10-2-1-3-12-14(10)16(13)7-6-15-12/h4-5,8,12,15,17H,1-3,6-7H2/p+1/t12-/m0/s1. The molecule has 1 atom stereocenters. The summed E-state index contributed by atoms with van der Waals surface area (Å²) in [5, 5.41) is 13.4. The maximum Gasteiger partial charge on any atom is 0.127 e. The van der Waals surface area contributed by atoms with Crippen LogP contribution in [0, 0.1) is 0 Å². The number of quaternary nitrogens is 1. The number of fused-ring (bicyclic) bond motifs is 3. The number of benzene rings is 1. The van der Waals surface area contributed by atoms with Crippen LogP contribution in [0.4, 0.5) is 0 Å². The number of aryl methyl sites for hydroxylation is 1. The lowest BCUT2D eigenvalue weighted by Crippen LogP contribution is -2.88. The summed E-state index contributed by atoms with van der Waals surface area (Å²) in [6, 6.07) is 6.48. The number of hydrogen-bond donors (Lipinski definition) is 2. The average Bonchev–Trinajstić information content (AvgIpc) is 2.67. The van der Waals surface area contributed by atoms with E-state index in [9.17, 15) is 5.11 Å². The van der Waals surface area contributed by atoms with E-state index in [0.29, 0.717) is 11.8 Å². The average molecular weight is 229 g/mol. The third kappa shape index (κ3) is 1.20. The van der Waals surface area contributed by atoms with E-state index in [0.717, 1.165) is 6.54 Å². The van der Waals surface area contributed by atoms with E-state index in [4.69, 9.17) is 0 Å². The van der Waals surface area contributed by atoms with Gasteiger partial charge in [-0.2, -0.15) is 0 Å². The van der Waals surface area contributed by atoms with Gasteiger partial charge in [-0.15, -0.1) is 0 Å². The molecule has 0 saturated heterocycles. The monoisotopic (exact) mass is 229 g/mol. The molecule has 2 aliphatic rings. The minimum atomic E-state index is 0.391. The van der Waals surface area contributed by atoms with Crippen molar-refractivity contribution in [2.24, 2.45) is 0 Å². The first kappa shape index (κ1) is 9.54. The zero-order chi connectivity index (χ0) is 11.4. The highest BCUT2D eigenvalue weighted by atomic mass is 16.3. The van der Waals surface area contributed by atoms with Gasteiger partial charge in [0.05, 0.1) is 18.8 Å². The van der Waals surface area contributed by atoms with Gasteiger partial charge in [0.1, 0.15) is 11.8 Å². The molecule has 88 valence electrons. The van der Waals surface area contributed by atoms with Gasteiger partial charge in [0.2, 0.25) is 0 Å². The van der Waals surface area contributed by atoms with Crippen molar-refractivity contribution in [3.8, 4) is 5.75 Å². The first-order valence-electron chi connectivity index (χ1n) is 6.52. The number of nitrogens with zero attached hydrogens (tertiary/aromatic N) is 1. The fraction of sp³-hybridized carbons (Fsp3) is 0.429. The molecule has 2 aromatic rings. The number of phenols is 1. The summed E-state index contributed by atoms with van der Waals surface area (Å²) in [5.74, 6) is 0.391. The summed E-state index contributed by atoms with van der Waals surface area (Å²) < 4.78 is 2.48. The molecule has 4 rings (SSSR count). The lowest BCUT2D eigenvalue weighted by atomic mass is 9.91. The molecule has 0 bridgehead atoms. The van der Waals surface area contributed by atoms with E-state index in [-0.39, 0.29) is 0 Å². The van der Waals surface area contributed by atoms with Crippen molar-refractivity contribution in [3.63, 3.8) is 0 Å². The fourth-order valence-electron chi connectivity index (χ4n) is 3.63. The largest absolute Gasteiger partial charge is 0.508 e. The van der Waals surface area contributed by atoms with Crippen LogP contribution in [0.2, 0.25) is 0 Å². The molecule has 1 aromatic heterocycles. The second kappa shape index (κ2) is 3.26. The number of rotatable bonds is 0. The van der Waals surface area contributed by atoms with Gasteiger partial charge in [-0.1, -0.05) is 0 Å². The number of aromatic nitrogens is 1. The fourth-order valence-corrected chi connectivity index (χ4v) is 3.63. The lowest BCUT2D eigenvalue weighted by molar-refractivity contribution is -0.704. The van der Waals surface area contributed by atoms with E-state index < -0.39 is 0 Å². The molecular formula is C14H17N2O+. The second-order valence-electron chi connectivity index (χ2n) is 5.24. The molecule has 3 heteroatoms. The maximum atomic E-state index is 9.68. The predicted octanol–water partition coefficient (Wildman–Crippen LogP) is 1.30. The van der Waals surface area contributed by atoms with Crippen LogP contribution in [0.1, 0.15) is 30.1 Å². The minimum Gasteiger partial charge on any atom is -0.508 e. The van der Waals surface area contributed by atoms with Crippen LogP contribution in [-0.4, -0.2) is 16.2 Å². The Kier molecular flexibility index (Phi) is 1.83. The molecule has 0 radical (unpaired) electrons. The van der Waals surface area contributed by atoms with Crippen LogP contribution in [-0.2, 0) is 13.0 Å². The SMILES string of the molecule is Oc1ccc2c(c1)c1c3n2CC[NH2+][C@H]3CCC1. The Morgan fingerprint density at radius 3 is 3.24 bits per heavy atom. The van der Waals surface area contributed by atoms with Gasteiger partial charge in [0.15, 0.2) is 0 Å². The molecule has 0 fully saturated rings. The van der Waals surface area contributed by atoms with Crippen molar-refractivity contribution in [2.75, 3.05) is 6.54 Å². The summed E-state index contributed by atoms with van der Waals surface area (Å²) in [4.78, 5) is 0. The van der Waals surface area contributed by atoms with Gasteiger partial charge in [-0.3, -0.25) is 0 Å². The Bertz CT molecular complexity index is 598. The molecule has 3 nitrogen and oxygen atoms in total. The highest BCUT2D eigenvalue weighted by Crippen LogP contribution is 2.37.